The largest absolute Gasteiger partial charge is 0.483 e. The lowest BCUT2D eigenvalue weighted by Gasteiger charge is -2.36. The predicted molar refractivity (Wildman–Crippen MR) is 116 cm³/mol. The van der Waals surface area contributed by atoms with E-state index in [1.54, 1.807) is 22.7 Å². The molecule has 28 heavy (non-hydrogen) atoms. The fourth-order valence-electron chi connectivity index (χ4n) is 4.52. The minimum Gasteiger partial charge on any atom is -0.483 e. The molecule has 0 unspecified atom stereocenters. The molecular formula is C21H25N3O2S2. The number of ether oxygens (including phenoxy) is 1. The first-order valence-electron chi connectivity index (χ1n) is 10.1. The van der Waals surface area contributed by atoms with Gasteiger partial charge in [0, 0.05) is 30.6 Å². The number of amides is 1. The van der Waals surface area contributed by atoms with Gasteiger partial charge in [-0.2, -0.15) is 0 Å². The molecule has 0 atom stereocenters. The van der Waals surface area contributed by atoms with E-state index in [0.29, 0.717) is 6.04 Å². The van der Waals surface area contributed by atoms with E-state index in [2.05, 4.69) is 21.3 Å². The molecule has 0 spiro atoms. The molecule has 1 amide bonds. The standard InChI is InChI=1S/C21H25N3O2S2/c1-14-22-20-18(28-14)12-17(16-6-11-27-21(16)20)26-13-19(25)24-9-4-15(5-10-24)23-7-2-3-8-23/h6,11-12,15H,2-5,7-10,13H2,1H3. The monoisotopic (exact) mass is 415 g/mol. The Bertz CT molecular complexity index is 998. The molecule has 3 aromatic rings. The fourth-order valence-corrected chi connectivity index (χ4v) is 6.36. The van der Waals surface area contributed by atoms with E-state index in [-0.39, 0.29) is 12.5 Å². The number of carbonyl (C=O) groups is 1. The first-order chi connectivity index (χ1) is 13.7. The lowest BCUT2D eigenvalue weighted by molar-refractivity contribution is -0.134. The molecule has 5 rings (SSSR count). The Morgan fingerprint density at radius 1 is 1.25 bits per heavy atom. The van der Waals surface area contributed by atoms with Crippen molar-refractivity contribution in [1.29, 1.82) is 0 Å². The molecule has 0 aliphatic carbocycles. The number of aromatic nitrogens is 1. The third-order valence-corrected chi connectivity index (χ3v) is 7.83. The quantitative estimate of drug-likeness (QED) is 0.638. The average molecular weight is 416 g/mol. The molecule has 5 nitrogen and oxygen atoms in total. The number of carbonyl (C=O) groups excluding carboxylic acids is 1. The number of nitrogens with zero attached hydrogens (tertiary/aromatic N) is 3. The molecule has 2 aliphatic rings. The number of aryl methyl sites for hydroxylation is 1. The summed E-state index contributed by atoms with van der Waals surface area (Å²) in [6.45, 7) is 6.31. The summed E-state index contributed by atoms with van der Waals surface area (Å²) in [6.07, 6.45) is 4.83. The van der Waals surface area contributed by atoms with Crippen molar-refractivity contribution < 1.29 is 9.53 Å². The maximum atomic E-state index is 12.7. The first kappa shape index (κ1) is 18.3. The van der Waals surface area contributed by atoms with Crippen LogP contribution in [0.3, 0.4) is 0 Å². The van der Waals surface area contributed by atoms with Crippen molar-refractivity contribution in [2.24, 2.45) is 0 Å². The van der Waals surface area contributed by atoms with Crippen LogP contribution in [-0.4, -0.2) is 59.5 Å². The molecule has 2 aliphatic heterocycles. The van der Waals surface area contributed by atoms with Gasteiger partial charge in [0.05, 0.1) is 19.9 Å². The summed E-state index contributed by atoms with van der Waals surface area (Å²) in [5.41, 5.74) is 1.05. The van der Waals surface area contributed by atoms with Crippen LogP contribution in [0.5, 0.6) is 5.75 Å². The molecule has 2 saturated heterocycles. The van der Waals surface area contributed by atoms with Crippen LogP contribution in [0.1, 0.15) is 30.7 Å². The fraction of sp³-hybridized carbons (Fsp3) is 0.524. The molecule has 4 heterocycles. The number of hydrogen-bond donors (Lipinski definition) is 0. The summed E-state index contributed by atoms with van der Waals surface area (Å²) < 4.78 is 8.30. The van der Waals surface area contributed by atoms with Crippen LogP contribution in [-0.2, 0) is 4.79 Å². The summed E-state index contributed by atoms with van der Waals surface area (Å²) in [6, 6.07) is 4.77. The smallest absolute Gasteiger partial charge is 0.260 e. The van der Waals surface area contributed by atoms with Gasteiger partial charge in [0.2, 0.25) is 0 Å². The van der Waals surface area contributed by atoms with Gasteiger partial charge < -0.3 is 14.5 Å². The number of piperidine rings is 1. The zero-order chi connectivity index (χ0) is 19.1. The van der Waals surface area contributed by atoms with Crippen LogP contribution in [0.15, 0.2) is 17.5 Å². The number of thiophene rings is 1. The second-order valence-corrected chi connectivity index (χ2v) is 9.91. The number of benzene rings is 1. The van der Waals surface area contributed by atoms with Crippen molar-refractivity contribution in [3.8, 4) is 5.75 Å². The number of hydrogen-bond acceptors (Lipinski definition) is 6. The van der Waals surface area contributed by atoms with Gasteiger partial charge in [0.1, 0.15) is 5.75 Å². The van der Waals surface area contributed by atoms with E-state index in [1.165, 1.54) is 25.9 Å². The summed E-state index contributed by atoms with van der Waals surface area (Å²) in [4.78, 5) is 22.0. The Morgan fingerprint density at radius 3 is 2.82 bits per heavy atom. The summed E-state index contributed by atoms with van der Waals surface area (Å²) in [5.74, 6) is 0.900. The van der Waals surface area contributed by atoms with E-state index >= 15 is 0 Å². The maximum absolute atomic E-state index is 12.7. The van der Waals surface area contributed by atoms with Gasteiger partial charge in [0.15, 0.2) is 6.61 Å². The lowest BCUT2D eigenvalue weighted by Crippen LogP contribution is -2.47. The van der Waals surface area contributed by atoms with E-state index in [4.69, 9.17) is 4.74 Å². The number of likely N-dealkylation sites (tertiary alicyclic amines) is 2. The van der Waals surface area contributed by atoms with Crippen molar-refractivity contribution >= 4 is 48.9 Å². The third-order valence-electron chi connectivity index (χ3n) is 5.99. The van der Waals surface area contributed by atoms with E-state index in [0.717, 1.165) is 57.0 Å². The molecular weight excluding hydrogens is 390 g/mol. The van der Waals surface area contributed by atoms with Crippen LogP contribution >= 0.6 is 22.7 Å². The molecule has 148 valence electrons. The SMILES string of the molecule is Cc1nc2c(cc(OCC(=O)N3CCC(N4CCCC4)CC3)c3ccsc32)s1. The van der Waals surface area contributed by atoms with E-state index in [9.17, 15) is 4.79 Å². The summed E-state index contributed by atoms with van der Waals surface area (Å²) >= 11 is 3.36. The lowest BCUT2D eigenvalue weighted by atomic mass is 10.0. The Balaban J connectivity index is 1.25. The minimum absolute atomic E-state index is 0.101. The molecule has 7 heteroatoms. The highest BCUT2D eigenvalue weighted by atomic mass is 32.1. The summed E-state index contributed by atoms with van der Waals surface area (Å²) in [7, 11) is 0. The summed E-state index contributed by atoms with van der Waals surface area (Å²) in [5, 5.41) is 4.18. The molecule has 0 bridgehead atoms. The van der Waals surface area contributed by atoms with Gasteiger partial charge in [-0.1, -0.05) is 0 Å². The van der Waals surface area contributed by atoms with Crippen LogP contribution in [0.4, 0.5) is 0 Å². The van der Waals surface area contributed by atoms with Gasteiger partial charge >= 0.3 is 0 Å². The highest BCUT2D eigenvalue weighted by Gasteiger charge is 2.28. The average Bonchev–Trinajstić information content (AvgIpc) is 3.45. The van der Waals surface area contributed by atoms with Gasteiger partial charge in [-0.15, -0.1) is 22.7 Å². The van der Waals surface area contributed by atoms with E-state index in [1.807, 2.05) is 17.9 Å². The maximum Gasteiger partial charge on any atom is 0.260 e. The second-order valence-electron chi connectivity index (χ2n) is 7.76. The first-order valence-corrected chi connectivity index (χ1v) is 11.8. The molecule has 0 saturated carbocycles. The van der Waals surface area contributed by atoms with Crippen LogP contribution in [0.25, 0.3) is 20.3 Å². The second kappa shape index (κ2) is 7.61. The number of fused-ring (bicyclic) bond motifs is 3. The van der Waals surface area contributed by atoms with Crippen LogP contribution in [0.2, 0.25) is 0 Å². The Morgan fingerprint density at radius 2 is 2.04 bits per heavy atom. The topological polar surface area (TPSA) is 45.7 Å². The number of thiazole rings is 1. The van der Waals surface area contributed by atoms with E-state index < -0.39 is 0 Å². The molecule has 2 aromatic heterocycles. The Hall–Kier alpha value is -1.70. The van der Waals surface area contributed by atoms with Crippen molar-refractivity contribution in [2.45, 2.75) is 38.6 Å². The molecule has 1 aromatic carbocycles. The minimum atomic E-state index is 0.101. The molecule has 0 radical (unpaired) electrons. The molecule has 0 N–H and O–H groups in total. The Kier molecular flexibility index (Phi) is 4.99. The third kappa shape index (κ3) is 3.40. The van der Waals surface area contributed by atoms with Gasteiger partial charge in [0.25, 0.3) is 5.91 Å². The highest BCUT2D eigenvalue weighted by molar-refractivity contribution is 7.21. The van der Waals surface area contributed by atoms with Crippen LogP contribution < -0.4 is 4.74 Å². The highest BCUT2D eigenvalue weighted by Crippen LogP contribution is 2.38. The number of rotatable bonds is 4. The van der Waals surface area contributed by atoms with Gasteiger partial charge in [-0.3, -0.25) is 4.79 Å². The van der Waals surface area contributed by atoms with Crippen LogP contribution in [0, 0.1) is 6.92 Å². The van der Waals surface area contributed by atoms with Gasteiger partial charge in [-0.05, 0) is 57.1 Å². The normalized spacial score (nSPS) is 19.1. The van der Waals surface area contributed by atoms with Crippen molar-refractivity contribution in [1.82, 2.24) is 14.8 Å². The van der Waals surface area contributed by atoms with Crippen molar-refractivity contribution in [3.05, 3.63) is 22.5 Å². The zero-order valence-electron chi connectivity index (χ0n) is 16.1. The zero-order valence-corrected chi connectivity index (χ0v) is 17.8. The predicted octanol–water partition coefficient (Wildman–Crippen LogP) is 4.29. The van der Waals surface area contributed by atoms with Crippen molar-refractivity contribution in [2.75, 3.05) is 32.8 Å². The van der Waals surface area contributed by atoms with Gasteiger partial charge in [-0.25, -0.2) is 4.98 Å². The Labute approximate surface area is 172 Å². The van der Waals surface area contributed by atoms with Crippen molar-refractivity contribution in [3.63, 3.8) is 0 Å². The molecule has 2 fully saturated rings.